The molecule has 0 bridgehead atoms. The summed E-state index contributed by atoms with van der Waals surface area (Å²) in [5.41, 5.74) is 0. The molecule has 1 aliphatic rings. The molecule has 1 N–H and O–H groups in total. The predicted molar refractivity (Wildman–Crippen MR) is 60.0 cm³/mol. The summed E-state index contributed by atoms with van der Waals surface area (Å²) in [5, 5.41) is 3.32. The van der Waals surface area contributed by atoms with Gasteiger partial charge < -0.3 is 14.8 Å². The summed E-state index contributed by atoms with van der Waals surface area (Å²) < 4.78 is 10.3. The smallest absolute Gasteiger partial charge is 0.220 e. The molecular weight excluding hydrogens is 206 g/mol. The van der Waals surface area contributed by atoms with E-state index in [1.165, 1.54) is 0 Å². The van der Waals surface area contributed by atoms with Gasteiger partial charge in [0, 0.05) is 5.92 Å². The molecule has 1 aromatic heterocycles. The fraction of sp³-hybridized carbons (Fsp3) is 0.636. The molecule has 2 heterocycles. The Hall–Kier alpha value is -1.36. The average Bonchev–Trinajstić information content (AvgIpc) is 2.39. The van der Waals surface area contributed by atoms with Crippen LogP contribution in [0, 0.1) is 0 Å². The van der Waals surface area contributed by atoms with Gasteiger partial charge in [-0.3, -0.25) is 0 Å². The maximum atomic E-state index is 5.14. The van der Waals surface area contributed by atoms with Gasteiger partial charge in [0.2, 0.25) is 11.8 Å². The van der Waals surface area contributed by atoms with Crippen molar-refractivity contribution in [1.29, 1.82) is 0 Å². The molecule has 2 rings (SSSR count). The zero-order valence-electron chi connectivity index (χ0n) is 9.69. The van der Waals surface area contributed by atoms with E-state index in [0.29, 0.717) is 17.7 Å². The van der Waals surface area contributed by atoms with Crippen molar-refractivity contribution in [3.8, 4) is 11.8 Å². The largest absolute Gasteiger partial charge is 0.481 e. The second-order valence-corrected chi connectivity index (χ2v) is 3.84. The van der Waals surface area contributed by atoms with Crippen LogP contribution in [0.4, 0.5) is 0 Å². The van der Waals surface area contributed by atoms with Crippen molar-refractivity contribution < 1.29 is 9.47 Å². The first-order valence-electron chi connectivity index (χ1n) is 5.51. The maximum Gasteiger partial charge on any atom is 0.220 e. The first-order valence-corrected chi connectivity index (χ1v) is 5.51. The molecule has 5 heteroatoms. The number of nitrogens with one attached hydrogen (secondary N) is 1. The quantitative estimate of drug-likeness (QED) is 0.827. The molecule has 0 radical (unpaired) electrons. The molecule has 0 saturated carbocycles. The van der Waals surface area contributed by atoms with Crippen LogP contribution in [0.2, 0.25) is 0 Å². The van der Waals surface area contributed by atoms with Crippen molar-refractivity contribution in [3.05, 3.63) is 11.9 Å². The fourth-order valence-electron chi connectivity index (χ4n) is 1.89. The van der Waals surface area contributed by atoms with E-state index in [4.69, 9.17) is 9.47 Å². The highest BCUT2D eigenvalue weighted by atomic mass is 16.5. The van der Waals surface area contributed by atoms with Crippen molar-refractivity contribution in [1.82, 2.24) is 15.3 Å². The number of ether oxygens (including phenoxy) is 2. The Bertz CT molecular complexity index is 329. The van der Waals surface area contributed by atoms with Crippen molar-refractivity contribution in [2.75, 3.05) is 27.3 Å². The van der Waals surface area contributed by atoms with Gasteiger partial charge in [-0.25, -0.2) is 0 Å². The van der Waals surface area contributed by atoms with Crippen LogP contribution in [0.25, 0.3) is 0 Å². The average molecular weight is 223 g/mol. The molecule has 88 valence electrons. The van der Waals surface area contributed by atoms with Gasteiger partial charge in [0.15, 0.2) is 0 Å². The number of methoxy groups -OCH3 is 2. The van der Waals surface area contributed by atoms with E-state index in [1.807, 2.05) is 0 Å². The Kier molecular flexibility index (Phi) is 3.56. The summed E-state index contributed by atoms with van der Waals surface area (Å²) in [7, 11) is 3.21. The third kappa shape index (κ3) is 2.41. The molecule has 0 aromatic carbocycles. The fourth-order valence-corrected chi connectivity index (χ4v) is 1.89. The highest BCUT2D eigenvalue weighted by Crippen LogP contribution is 2.25. The first-order chi connectivity index (χ1) is 7.83. The summed E-state index contributed by atoms with van der Waals surface area (Å²) in [4.78, 5) is 8.76. The van der Waals surface area contributed by atoms with Crippen LogP contribution < -0.4 is 14.8 Å². The third-order valence-corrected chi connectivity index (χ3v) is 2.82. The molecule has 0 unspecified atom stereocenters. The SMILES string of the molecule is COc1cc(OC)nc(C2CCNCC2)n1. The van der Waals surface area contributed by atoms with Gasteiger partial charge in [0.1, 0.15) is 5.82 Å². The lowest BCUT2D eigenvalue weighted by molar-refractivity contribution is 0.358. The molecule has 5 nitrogen and oxygen atoms in total. The van der Waals surface area contributed by atoms with Crippen molar-refractivity contribution >= 4 is 0 Å². The molecule has 0 spiro atoms. The Labute approximate surface area is 95.2 Å². The lowest BCUT2D eigenvalue weighted by Gasteiger charge is -2.21. The summed E-state index contributed by atoms with van der Waals surface area (Å²) in [6.07, 6.45) is 2.13. The zero-order valence-corrected chi connectivity index (χ0v) is 9.69. The zero-order chi connectivity index (χ0) is 11.4. The van der Waals surface area contributed by atoms with E-state index < -0.39 is 0 Å². The van der Waals surface area contributed by atoms with Crippen LogP contribution >= 0.6 is 0 Å². The van der Waals surface area contributed by atoms with Gasteiger partial charge in [0.05, 0.1) is 20.3 Å². The number of nitrogens with zero attached hydrogens (tertiary/aromatic N) is 2. The molecule has 16 heavy (non-hydrogen) atoms. The first kappa shape index (κ1) is 11.1. The minimum atomic E-state index is 0.408. The predicted octanol–water partition coefficient (Wildman–Crippen LogP) is 0.961. The molecule has 0 aliphatic carbocycles. The minimum absolute atomic E-state index is 0.408. The molecule has 1 saturated heterocycles. The van der Waals surface area contributed by atoms with Crippen LogP contribution in [0.5, 0.6) is 11.8 Å². The Morgan fingerprint density at radius 2 is 1.69 bits per heavy atom. The highest BCUT2D eigenvalue weighted by molar-refractivity contribution is 5.22. The van der Waals surface area contributed by atoms with Crippen LogP contribution in [0.3, 0.4) is 0 Å². The second kappa shape index (κ2) is 5.12. The van der Waals surface area contributed by atoms with E-state index in [9.17, 15) is 0 Å². The summed E-state index contributed by atoms with van der Waals surface area (Å²) in [5.74, 6) is 2.38. The van der Waals surface area contributed by atoms with Crippen molar-refractivity contribution in [2.45, 2.75) is 18.8 Å². The Morgan fingerprint density at radius 3 is 2.19 bits per heavy atom. The number of rotatable bonds is 3. The van der Waals surface area contributed by atoms with Gasteiger partial charge >= 0.3 is 0 Å². The van der Waals surface area contributed by atoms with Crippen LogP contribution in [-0.2, 0) is 0 Å². The second-order valence-electron chi connectivity index (χ2n) is 3.84. The standard InChI is InChI=1S/C11H17N3O2/c1-15-9-7-10(16-2)14-11(13-9)8-3-5-12-6-4-8/h7-8,12H,3-6H2,1-2H3. The van der Waals surface area contributed by atoms with Crippen LogP contribution in [-0.4, -0.2) is 37.3 Å². The van der Waals surface area contributed by atoms with E-state index in [2.05, 4.69) is 15.3 Å². The van der Waals surface area contributed by atoms with E-state index in [0.717, 1.165) is 31.8 Å². The van der Waals surface area contributed by atoms with E-state index in [-0.39, 0.29) is 0 Å². The molecule has 1 fully saturated rings. The minimum Gasteiger partial charge on any atom is -0.481 e. The maximum absolute atomic E-state index is 5.14. The molecule has 0 atom stereocenters. The molecular formula is C11H17N3O2. The summed E-state index contributed by atoms with van der Waals surface area (Å²) >= 11 is 0. The van der Waals surface area contributed by atoms with Crippen molar-refractivity contribution in [3.63, 3.8) is 0 Å². The van der Waals surface area contributed by atoms with Crippen molar-refractivity contribution in [2.24, 2.45) is 0 Å². The molecule has 1 aliphatic heterocycles. The van der Waals surface area contributed by atoms with Gasteiger partial charge in [-0.1, -0.05) is 0 Å². The monoisotopic (exact) mass is 223 g/mol. The van der Waals surface area contributed by atoms with Gasteiger partial charge in [-0.15, -0.1) is 0 Å². The lowest BCUT2D eigenvalue weighted by Crippen LogP contribution is -2.27. The Morgan fingerprint density at radius 1 is 1.12 bits per heavy atom. The number of hydrogen-bond acceptors (Lipinski definition) is 5. The van der Waals surface area contributed by atoms with Crippen LogP contribution in [0.15, 0.2) is 6.07 Å². The summed E-state index contributed by atoms with van der Waals surface area (Å²) in [6, 6.07) is 1.70. The Balaban J connectivity index is 2.24. The number of aromatic nitrogens is 2. The van der Waals surface area contributed by atoms with Gasteiger partial charge in [-0.2, -0.15) is 9.97 Å². The van der Waals surface area contributed by atoms with Crippen LogP contribution in [0.1, 0.15) is 24.6 Å². The molecule has 0 amide bonds. The van der Waals surface area contributed by atoms with E-state index in [1.54, 1.807) is 20.3 Å². The van der Waals surface area contributed by atoms with Gasteiger partial charge in [-0.05, 0) is 25.9 Å². The normalized spacial score (nSPS) is 17.1. The third-order valence-electron chi connectivity index (χ3n) is 2.82. The number of piperidine rings is 1. The topological polar surface area (TPSA) is 56.3 Å². The lowest BCUT2D eigenvalue weighted by atomic mass is 9.97. The number of hydrogen-bond donors (Lipinski definition) is 1. The highest BCUT2D eigenvalue weighted by Gasteiger charge is 2.19. The summed E-state index contributed by atoms with van der Waals surface area (Å²) in [6.45, 7) is 2.04. The van der Waals surface area contributed by atoms with Gasteiger partial charge in [0.25, 0.3) is 0 Å². The molecule has 1 aromatic rings. The van der Waals surface area contributed by atoms with E-state index >= 15 is 0 Å².